The maximum atomic E-state index is 5.92. The number of nitrogens with zero attached hydrogens (tertiary/aromatic N) is 1. The molecule has 3 heteroatoms. The third-order valence-corrected chi connectivity index (χ3v) is 3.84. The van der Waals surface area contributed by atoms with Gasteiger partial charge >= 0.3 is 0 Å². The first-order valence-corrected chi connectivity index (χ1v) is 7.42. The topological polar surface area (TPSA) is 38.5 Å². The Bertz CT molecular complexity index is 475. The maximum absolute atomic E-state index is 5.92. The molecule has 1 aromatic rings. The van der Waals surface area contributed by atoms with Gasteiger partial charge in [0, 0.05) is 6.04 Å². The molecule has 0 saturated carbocycles. The second kappa shape index (κ2) is 7.94. The van der Waals surface area contributed by atoms with Crippen LogP contribution in [0.4, 0.5) is 0 Å². The molecule has 0 spiro atoms. The molecule has 1 heterocycles. The molecule has 0 bridgehead atoms. The van der Waals surface area contributed by atoms with Gasteiger partial charge in [-0.05, 0) is 45.0 Å². The largest absolute Gasteiger partial charge is 0.492 e. The summed E-state index contributed by atoms with van der Waals surface area (Å²) >= 11 is 0. The van der Waals surface area contributed by atoms with Crippen LogP contribution in [0.25, 0.3) is 0 Å². The summed E-state index contributed by atoms with van der Waals surface area (Å²) in [6.45, 7) is 2.33. The van der Waals surface area contributed by atoms with Crippen LogP contribution in [0.5, 0.6) is 5.75 Å². The fourth-order valence-electron chi connectivity index (χ4n) is 2.66. The minimum Gasteiger partial charge on any atom is -0.492 e. The molecule has 3 nitrogen and oxygen atoms in total. The van der Waals surface area contributed by atoms with Crippen LogP contribution >= 0.6 is 0 Å². The van der Waals surface area contributed by atoms with E-state index in [1.807, 2.05) is 24.3 Å². The highest BCUT2D eigenvalue weighted by Gasteiger charge is 2.18. The van der Waals surface area contributed by atoms with E-state index in [1.165, 1.54) is 25.8 Å². The number of rotatable bonds is 4. The monoisotopic (exact) mass is 272 g/mol. The SMILES string of the molecule is CN1CCCCC1CCOc1ccccc1C#CCN. The van der Waals surface area contributed by atoms with Crippen LogP contribution in [0.3, 0.4) is 0 Å². The van der Waals surface area contributed by atoms with Gasteiger partial charge in [-0.1, -0.05) is 30.4 Å². The van der Waals surface area contributed by atoms with Gasteiger partial charge in [-0.15, -0.1) is 0 Å². The Morgan fingerprint density at radius 1 is 1.35 bits per heavy atom. The molecule has 0 amide bonds. The normalized spacial score (nSPS) is 19.2. The highest BCUT2D eigenvalue weighted by Crippen LogP contribution is 2.20. The molecule has 108 valence electrons. The molecule has 1 saturated heterocycles. The van der Waals surface area contributed by atoms with Crippen LogP contribution in [-0.2, 0) is 0 Å². The number of ether oxygens (including phenoxy) is 1. The summed E-state index contributed by atoms with van der Waals surface area (Å²) in [6.07, 6.45) is 5.03. The van der Waals surface area contributed by atoms with E-state index in [1.54, 1.807) is 0 Å². The first kappa shape index (κ1) is 14.9. The Hall–Kier alpha value is -1.50. The predicted molar refractivity (Wildman–Crippen MR) is 82.8 cm³/mol. The summed E-state index contributed by atoms with van der Waals surface area (Å²) in [5, 5.41) is 0. The van der Waals surface area contributed by atoms with Gasteiger partial charge in [0.2, 0.25) is 0 Å². The van der Waals surface area contributed by atoms with Gasteiger partial charge in [0.05, 0.1) is 18.7 Å². The molecule has 1 aromatic carbocycles. The van der Waals surface area contributed by atoms with E-state index < -0.39 is 0 Å². The van der Waals surface area contributed by atoms with E-state index in [9.17, 15) is 0 Å². The Balaban J connectivity index is 1.87. The molecule has 1 atom stereocenters. The third kappa shape index (κ3) is 4.26. The molecule has 2 rings (SSSR count). The number of para-hydroxylation sites is 1. The average Bonchev–Trinajstić information content (AvgIpc) is 2.48. The van der Waals surface area contributed by atoms with Gasteiger partial charge in [-0.2, -0.15) is 0 Å². The van der Waals surface area contributed by atoms with Gasteiger partial charge in [-0.25, -0.2) is 0 Å². The third-order valence-electron chi connectivity index (χ3n) is 3.84. The molecule has 1 fully saturated rings. The predicted octanol–water partition coefficient (Wildman–Crippen LogP) is 2.25. The molecule has 20 heavy (non-hydrogen) atoms. The lowest BCUT2D eigenvalue weighted by atomic mass is 10.0. The van der Waals surface area contributed by atoms with Crippen molar-refractivity contribution in [2.75, 3.05) is 26.7 Å². The Labute approximate surface area is 122 Å². The van der Waals surface area contributed by atoms with Crippen molar-refractivity contribution < 1.29 is 4.74 Å². The first-order valence-electron chi connectivity index (χ1n) is 7.42. The van der Waals surface area contributed by atoms with Crippen molar-refractivity contribution in [1.29, 1.82) is 0 Å². The van der Waals surface area contributed by atoms with Crippen LogP contribution in [0.1, 0.15) is 31.2 Å². The van der Waals surface area contributed by atoms with E-state index >= 15 is 0 Å². The molecule has 1 aliphatic heterocycles. The number of hydrogen-bond donors (Lipinski definition) is 1. The van der Waals surface area contributed by atoms with Crippen LogP contribution < -0.4 is 10.5 Å². The Morgan fingerprint density at radius 3 is 3.00 bits per heavy atom. The van der Waals surface area contributed by atoms with E-state index in [0.29, 0.717) is 12.6 Å². The van der Waals surface area contributed by atoms with Crippen LogP contribution in [0, 0.1) is 11.8 Å². The number of likely N-dealkylation sites (tertiary alicyclic amines) is 1. The van der Waals surface area contributed by atoms with Crippen molar-refractivity contribution >= 4 is 0 Å². The zero-order chi connectivity index (χ0) is 14.2. The van der Waals surface area contributed by atoms with Crippen molar-refractivity contribution in [3.05, 3.63) is 29.8 Å². The zero-order valence-electron chi connectivity index (χ0n) is 12.3. The minimum absolute atomic E-state index is 0.376. The van der Waals surface area contributed by atoms with E-state index in [0.717, 1.165) is 24.3 Å². The van der Waals surface area contributed by atoms with Crippen molar-refractivity contribution in [1.82, 2.24) is 4.90 Å². The van der Waals surface area contributed by atoms with Gasteiger partial charge in [0.1, 0.15) is 5.75 Å². The lowest BCUT2D eigenvalue weighted by Crippen LogP contribution is -2.37. The van der Waals surface area contributed by atoms with Gasteiger partial charge in [-0.3, -0.25) is 0 Å². The second-order valence-corrected chi connectivity index (χ2v) is 5.27. The number of benzene rings is 1. The smallest absolute Gasteiger partial charge is 0.134 e. The number of nitrogens with two attached hydrogens (primary N) is 1. The molecule has 0 radical (unpaired) electrons. The summed E-state index contributed by atoms with van der Waals surface area (Å²) in [4.78, 5) is 2.45. The summed E-state index contributed by atoms with van der Waals surface area (Å²) in [5.41, 5.74) is 6.35. The lowest BCUT2D eigenvalue weighted by molar-refractivity contribution is 0.153. The van der Waals surface area contributed by atoms with Gasteiger partial charge in [0.15, 0.2) is 0 Å². The van der Waals surface area contributed by atoms with E-state index in [4.69, 9.17) is 10.5 Å². The summed E-state index contributed by atoms with van der Waals surface area (Å²) in [5.74, 6) is 6.81. The fourth-order valence-corrected chi connectivity index (χ4v) is 2.66. The molecule has 0 aliphatic carbocycles. The highest BCUT2D eigenvalue weighted by molar-refractivity contribution is 5.45. The standard InChI is InChI=1S/C17H24N2O/c1-19-13-5-4-9-16(19)11-14-20-17-10-3-2-7-15(17)8-6-12-18/h2-3,7,10,16H,4-5,9,11-14,18H2,1H3. The fraction of sp³-hybridized carbons (Fsp3) is 0.529. The lowest BCUT2D eigenvalue weighted by Gasteiger charge is -2.32. The van der Waals surface area contributed by atoms with Crippen molar-refractivity contribution in [3.63, 3.8) is 0 Å². The molecular weight excluding hydrogens is 248 g/mol. The zero-order valence-corrected chi connectivity index (χ0v) is 12.3. The highest BCUT2D eigenvalue weighted by atomic mass is 16.5. The Morgan fingerprint density at radius 2 is 2.20 bits per heavy atom. The van der Waals surface area contributed by atoms with Crippen LogP contribution in [-0.4, -0.2) is 37.7 Å². The molecule has 2 N–H and O–H groups in total. The molecule has 1 unspecified atom stereocenters. The summed E-state index contributed by atoms with van der Waals surface area (Å²) in [7, 11) is 2.21. The number of piperidine rings is 1. The molecule has 1 aliphatic rings. The quantitative estimate of drug-likeness (QED) is 0.854. The number of hydrogen-bond acceptors (Lipinski definition) is 3. The van der Waals surface area contributed by atoms with Crippen molar-refractivity contribution in [2.24, 2.45) is 5.73 Å². The minimum atomic E-state index is 0.376. The Kier molecular flexibility index (Phi) is 5.91. The van der Waals surface area contributed by atoms with Crippen LogP contribution in [0.2, 0.25) is 0 Å². The second-order valence-electron chi connectivity index (χ2n) is 5.27. The van der Waals surface area contributed by atoms with Gasteiger partial charge in [0.25, 0.3) is 0 Å². The van der Waals surface area contributed by atoms with E-state index in [2.05, 4.69) is 23.8 Å². The van der Waals surface area contributed by atoms with Crippen LogP contribution in [0.15, 0.2) is 24.3 Å². The molecular formula is C17H24N2O. The average molecular weight is 272 g/mol. The summed E-state index contributed by atoms with van der Waals surface area (Å²) in [6, 6.07) is 8.57. The van der Waals surface area contributed by atoms with Crippen molar-refractivity contribution in [2.45, 2.75) is 31.7 Å². The maximum Gasteiger partial charge on any atom is 0.134 e. The molecule has 0 aromatic heterocycles. The van der Waals surface area contributed by atoms with E-state index in [-0.39, 0.29) is 0 Å². The first-order chi connectivity index (χ1) is 9.81. The van der Waals surface area contributed by atoms with Crippen molar-refractivity contribution in [3.8, 4) is 17.6 Å². The summed E-state index contributed by atoms with van der Waals surface area (Å²) < 4.78 is 5.92. The van der Waals surface area contributed by atoms with Gasteiger partial charge < -0.3 is 15.4 Å².